The van der Waals surface area contributed by atoms with Gasteiger partial charge in [-0.2, -0.15) is 0 Å². The van der Waals surface area contributed by atoms with Crippen LogP contribution < -0.4 is 0 Å². The molecule has 0 rings (SSSR count). The van der Waals surface area contributed by atoms with Crippen LogP contribution in [-0.2, 0) is 0 Å². The van der Waals surface area contributed by atoms with Gasteiger partial charge in [-0.05, 0) is 20.3 Å². The quantitative estimate of drug-likeness (QED) is 0.541. The molecule has 0 aromatic rings. The molecule has 0 nitrogen and oxygen atoms in total. The minimum atomic E-state index is 0.951. The third-order valence-corrected chi connectivity index (χ3v) is 1.54. The summed E-state index contributed by atoms with van der Waals surface area (Å²) in [6.07, 6.45) is 2.32. The molecule has 0 spiro atoms. The highest BCUT2D eigenvalue weighted by molar-refractivity contribution is 6.29. The van der Waals surface area contributed by atoms with Gasteiger partial charge in [0.05, 0.1) is 0 Å². The van der Waals surface area contributed by atoms with Crippen LogP contribution in [-0.4, -0.2) is 0 Å². The normalized spacial score (nSPS) is 13.5. The molecule has 0 unspecified atom stereocenters. The summed E-state index contributed by atoms with van der Waals surface area (Å²) in [4.78, 5) is 0. The summed E-state index contributed by atoms with van der Waals surface area (Å²) < 4.78 is 0. The number of allylic oxidation sites excluding steroid dienone is 2. The van der Waals surface area contributed by atoms with Gasteiger partial charge in [0.1, 0.15) is 0 Å². The van der Waals surface area contributed by atoms with Crippen molar-refractivity contribution in [1.29, 1.82) is 0 Å². The molecule has 0 saturated heterocycles. The van der Waals surface area contributed by atoms with E-state index >= 15 is 0 Å². The van der Waals surface area contributed by atoms with Gasteiger partial charge in [0.2, 0.25) is 0 Å². The van der Waals surface area contributed by atoms with E-state index in [1.807, 2.05) is 6.92 Å². The maximum atomic E-state index is 5.69. The minimum Gasteiger partial charge on any atom is -0.0895 e. The van der Waals surface area contributed by atoms with Crippen molar-refractivity contribution >= 4 is 11.6 Å². The van der Waals surface area contributed by atoms with E-state index in [1.54, 1.807) is 0 Å². The van der Waals surface area contributed by atoms with Gasteiger partial charge >= 0.3 is 0 Å². The summed E-state index contributed by atoms with van der Waals surface area (Å²) in [5, 5.41) is 0.951. The predicted molar refractivity (Wildman–Crippen MR) is 39.1 cm³/mol. The topological polar surface area (TPSA) is 0 Å². The molecule has 0 atom stereocenters. The van der Waals surface area contributed by atoms with E-state index in [0.717, 1.165) is 11.5 Å². The fourth-order valence-corrected chi connectivity index (χ4v) is 0.642. The van der Waals surface area contributed by atoms with Gasteiger partial charge in [-0.15, -0.1) is 0 Å². The van der Waals surface area contributed by atoms with E-state index in [-0.39, 0.29) is 0 Å². The van der Waals surface area contributed by atoms with E-state index in [1.165, 1.54) is 12.0 Å². The molecule has 0 bridgehead atoms. The number of hydrogen-bond donors (Lipinski definition) is 0. The Morgan fingerprint density at radius 3 is 2.00 bits per heavy atom. The van der Waals surface area contributed by atoms with Crippen molar-refractivity contribution in [2.45, 2.75) is 33.6 Å². The van der Waals surface area contributed by atoms with Gasteiger partial charge in [-0.1, -0.05) is 30.5 Å². The molecule has 0 heterocycles. The first kappa shape index (κ1) is 8.03. The molecule has 0 radical (unpaired) electrons. The van der Waals surface area contributed by atoms with Crippen LogP contribution in [0.25, 0.3) is 0 Å². The zero-order chi connectivity index (χ0) is 6.57. The SMILES string of the molecule is CCC/C(C)=C(\C)Cl. The van der Waals surface area contributed by atoms with Gasteiger partial charge in [0.25, 0.3) is 0 Å². The Morgan fingerprint density at radius 1 is 1.38 bits per heavy atom. The molecule has 0 aromatic heterocycles. The van der Waals surface area contributed by atoms with Crippen LogP contribution in [0.3, 0.4) is 0 Å². The first-order valence-electron chi connectivity index (χ1n) is 3.00. The van der Waals surface area contributed by atoms with Crippen molar-refractivity contribution in [2.24, 2.45) is 0 Å². The van der Waals surface area contributed by atoms with Crippen molar-refractivity contribution in [1.82, 2.24) is 0 Å². The number of halogens is 1. The molecule has 0 aliphatic carbocycles. The van der Waals surface area contributed by atoms with Crippen LogP contribution in [0, 0.1) is 0 Å². The van der Waals surface area contributed by atoms with Crippen LogP contribution in [0.5, 0.6) is 0 Å². The molecule has 0 saturated carbocycles. The number of hydrogen-bond acceptors (Lipinski definition) is 0. The first-order valence-corrected chi connectivity index (χ1v) is 3.38. The van der Waals surface area contributed by atoms with E-state index in [9.17, 15) is 0 Å². The third-order valence-electron chi connectivity index (χ3n) is 1.21. The first-order chi connectivity index (χ1) is 3.68. The highest BCUT2D eigenvalue weighted by Gasteiger charge is 1.89. The van der Waals surface area contributed by atoms with Gasteiger partial charge in [-0.25, -0.2) is 0 Å². The van der Waals surface area contributed by atoms with Crippen molar-refractivity contribution in [2.75, 3.05) is 0 Å². The molecule has 1 heteroatoms. The smallest absolute Gasteiger partial charge is 0.0139 e. The van der Waals surface area contributed by atoms with Crippen molar-refractivity contribution in [3.8, 4) is 0 Å². The van der Waals surface area contributed by atoms with Gasteiger partial charge < -0.3 is 0 Å². The molecule has 0 fully saturated rings. The Labute approximate surface area is 56.5 Å². The van der Waals surface area contributed by atoms with Crippen molar-refractivity contribution < 1.29 is 0 Å². The number of rotatable bonds is 2. The fourth-order valence-electron chi connectivity index (χ4n) is 0.547. The zero-order valence-corrected chi connectivity index (χ0v) is 6.55. The molecule has 0 amide bonds. The lowest BCUT2D eigenvalue weighted by Gasteiger charge is -1.96. The molecule has 0 N–H and O–H groups in total. The maximum Gasteiger partial charge on any atom is 0.0139 e. The van der Waals surface area contributed by atoms with Crippen LogP contribution in [0.1, 0.15) is 33.6 Å². The highest BCUT2D eigenvalue weighted by atomic mass is 35.5. The molecule has 0 aromatic carbocycles. The van der Waals surface area contributed by atoms with E-state index in [4.69, 9.17) is 11.6 Å². The van der Waals surface area contributed by atoms with Gasteiger partial charge in [0.15, 0.2) is 0 Å². The molecule has 0 aliphatic heterocycles. The van der Waals surface area contributed by atoms with Crippen LogP contribution in [0.2, 0.25) is 0 Å². The Bertz CT molecular complexity index is 88.6. The standard InChI is InChI=1S/C7H13Cl/c1-4-5-6(2)7(3)8/h4-5H2,1-3H3/b7-6+. The summed E-state index contributed by atoms with van der Waals surface area (Å²) in [5.41, 5.74) is 1.31. The van der Waals surface area contributed by atoms with Crippen molar-refractivity contribution in [3.63, 3.8) is 0 Å². The lowest BCUT2D eigenvalue weighted by atomic mass is 10.2. The molecular formula is C7H13Cl. The van der Waals surface area contributed by atoms with Gasteiger partial charge in [0, 0.05) is 5.03 Å². The lowest BCUT2D eigenvalue weighted by molar-refractivity contribution is 0.900. The summed E-state index contributed by atoms with van der Waals surface area (Å²) in [7, 11) is 0. The van der Waals surface area contributed by atoms with E-state index < -0.39 is 0 Å². The second-order valence-corrected chi connectivity index (χ2v) is 2.63. The molecule has 8 heavy (non-hydrogen) atoms. The lowest BCUT2D eigenvalue weighted by Crippen LogP contribution is -1.75. The van der Waals surface area contributed by atoms with Gasteiger partial charge in [-0.3, -0.25) is 0 Å². The summed E-state index contributed by atoms with van der Waals surface area (Å²) in [6.45, 7) is 6.17. The van der Waals surface area contributed by atoms with Crippen LogP contribution >= 0.6 is 11.6 Å². The second kappa shape index (κ2) is 3.96. The largest absolute Gasteiger partial charge is 0.0895 e. The van der Waals surface area contributed by atoms with Crippen LogP contribution in [0.4, 0.5) is 0 Å². The van der Waals surface area contributed by atoms with E-state index in [2.05, 4.69) is 13.8 Å². The average molecular weight is 133 g/mol. The monoisotopic (exact) mass is 132 g/mol. The molecule has 0 aliphatic rings. The average Bonchev–Trinajstić information content (AvgIpc) is 1.67. The molecule has 48 valence electrons. The second-order valence-electron chi connectivity index (χ2n) is 2.06. The fraction of sp³-hybridized carbons (Fsp3) is 0.714. The van der Waals surface area contributed by atoms with E-state index in [0.29, 0.717) is 0 Å². The predicted octanol–water partition coefficient (Wildman–Crippen LogP) is 3.32. The Kier molecular flexibility index (Phi) is 3.98. The minimum absolute atomic E-state index is 0.951. The highest BCUT2D eigenvalue weighted by Crippen LogP contribution is 2.12. The van der Waals surface area contributed by atoms with Crippen molar-refractivity contribution in [3.05, 3.63) is 10.6 Å². The Balaban J connectivity index is 3.62. The third kappa shape index (κ3) is 3.09. The summed E-state index contributed by atoms with van der Waals surface area (Å²) >= 11 is 5.69. The van der Waals surface area contributed by atoms with Crippen LogP contribution in [0.15, 0.2) is 10.6 Å². The summed E-state index contributed by atoms with van der Waals surface area (Å²) in [5.74, 6) is 0. The Morgan fingerprint density at radius 2 is 1.88 bits per heavy atom. The zero-order valence-electron chi connectivity index (χ0n) is 5.79. The molecular weight excluding hydrogens is 120 g/mol. The summed E-state index contributed by atoms with van der Waals surface area (Å²) in [6, 6.07) is 0. The Hall–Kier alpha value is 0.0300. The maximum absolute atomic E-state index is 5.69.